The van der Waals surface area contributed by atoms with E-state index in [0.717, 1.165) is 40.7 Å². The van der Waals surface area contributed by atoms with E-state index in [-0.39, 0.29) is 5.82 Å². The number of rotatable bonds is 6. The molecule has 0 saturated heterocycles. The number of nitrogens with zero attached hydrogens (tertiary/aromatic N) is 8. The van der Waals surface area contributed by atoms with Gasteiger partial charge in [-0.05, 0) is 42.8 Å². The molecule has 1 atom stereocenters. The van der Waals surface area contributed by atoms with Crippen LogP contribution < -0.4 is 0 Å². The third kappa shape index (κ3) is 3.73. The molecule has 32 heavy (non-hydrogen) atoms. The fourth-order valence-corrected chi connectivity index (χ4v) is 3.62. The summed E-state index contributed by atoms with van der Waals surface area (Å²) in [7, 11) is 1.76. The predicted octanol–water partition coefficient (Wildman–Crippen LogP) is 3.99. The summed E-state index contributed by atoms with van der Waals surface area (Å²) in [5, 5.41) is 17.7. The highest BCUT2D eigenvalue weighted by atomic mass is 19.1. The van der Waals surface area contributed by atoms with Crippen molar-refractivity contribution in [2.45, 2.75) is 26.1 Å². The summed E-state index contributed by atoms with van der Waals surface area (Å²) in [6.45, 7) is 2.60. The first kappa shape index (κ1) is 19.9. The molecule has 4 aromatic heterocycles. The van der Waals surface area contributed by atoms with Gasteiger partial charge in [0.2, 0.25) is 0 Å². The van der Waals surface area contributed by atoms with E-state index in [0.29, 0.717) is 11.2 Å². The van der Waals surface area contributed by atoms with Gasteiger partial charge >= 0.3 is 0 Å². The minimum atomic E-state index is -1.46. The van der Waals surface area contributed by atoms with Gasteiger partial charge in [-0.15, -0.1) is 10.2 Å². The summed E-state index contributed by atoms with van der Waals surface area (Å²) in [6, 6.07) is 10.9. The number of hydrogen-bond donors (Lipinski definition) is 0. The molecule has 0 N–H and O–H groups in total. The largest absolute Gasteiger partial charge is 0.301 e. The van der Waals surface area contributed by atoms with Crippen molar-refractivity contribution in [3.63, 3.8) is 0 Å². The quantitative estimate of drug-likeness (QED) is 0.382. The molecule has 0 aliphatic rings. The Labute approximate surface area is 183 Å². The molecule has 0 fully saturated rings. The van der Waals surface area contributed by atoms with Crippen molar-refractivity contribution in [2.24, 2.45) is 4.99 Å². The molecule has 1 unspecified atom stereocenters. The molecule has 0 radical (unpaired) electrons. The molecule has 0 bridgehead atoms. The maximum absolute atomic E-state index is 15.5. The van der Waals surface area contributed by atoms with Gasteiger partial charge < -0.3 is 4.99 Å². The van der Waals surface area contributed by atoms with Crippen LogP contribution in [0.15, 0.2) is 60.0 Å². The van der Waals surface area contributed by atoms with Gasteiger partial charge in [-0.25, -0.2) is 4.39 Å². The molecule has 0 saturated carbocycles. The van der Waals surface area contributed by atoms with E-state index in [1.165, 1.54) is 4.52 Å². The smallest absolute Gasteiger partial charge is 0.193 e. The lowest BCUT2D eigenvalue weighted by atomic mass is 10.0. The summed E-state index contributed by atoms with van der Waals surface area (Å²) < 4.78 is 18.8. The second-order valence-corrected chi connectivity index (χ2v) is 7.56. The van der Waals surface area contributed by atoms with Crippen LogP contribution in [0.1, 0.15) is 29.7 Å². The normalized spacial score (nSPS) is 12.8. The Balaban J connectivity index is 1.47. The predicted molar refractivity (Wildman–Crippen MR) is 120 cm³/mol. The molecular formula is C23H21FN8. The van der Waals surface area contributed by atoms with Crippen molar-refractivity contribution in [3.8, 4) is 11.1 Å². The SMILES string of the molecule is CN=CCCn1cc(-c2cnc3ccc(C(F)c4nnc5ccc(C)nn45)cc3c2)cn1. The summed E-state index contributed by atoms with van der Waals surface area (Å²) in [6.07, 6.45) is 6.82. The van der Waals surface area contributed by atoms with Crippen molar-refractivity contribution in [1.82, 2.24) is 34.6 Å². The van der Waals surface area contributed by atoms with Crippen LogP contribution in [-0.2, 0) is 6.54 Å². The Kier molecular flexibility index (Phi) is 5.14. The van der Waals surface area contributed by atoms with Crippen LogP contribution in [0.2, 0.25) is 0 Å². The topological polar surface area (TPSA) is 86.1 Å². The zero-order valence-electron chi connectivity index (χ0n) is 17.7. The number of benzene rings is 1. The molecule has 9 heteroatoms. The first-order chi connectivity index (χ1) is 15.6. The monoisotopic (exact) mass is 428 g/mol. The van der Waals surface area contributed by atoms with Crippen LogP contribution in [0.4, 0.5) is 4.39 Å². The maximum atomic E-state index is 15.5. The van der Waals surface area contributed by atoms with E-state index in [2.05, 4.69) is 30.4 Å². The second-order valence-electron chi connectivity index (χ2n) is 7.56. The van der Waals surface area contributed by atoms with Crippen molar-refractivity contribution >= 4 is 22.8 Å². The molecule has 5 rings (SSSR count). The number of aliphatic imine (C=N–C) groups is 1. The Morgan fingerprint density at radius 3 is 2.88 bits per heavy atom. The van der Waals surface area contributed by atoms with Crippen LogP contribution in [0.5, 0.6) is 0 Å². The van der Waals surface area contributed by atoms with Gasteiger partial charge in [0.15, 0.2) is 17.6 Å². The number of pyridine rings is 1. The van der Waals surface area contributed by atoms with E-state index in [9.17, 15) is 0 Å². The zero-order chi connectivity index (χ0) is 22.1. The minimum absolute atomic E-state index is 0.157. The lowest BCUT2D eigenvalue weighted by Gasteiger charge is -2.09. The van der Waals surface area contributed by atoms with Crippen molar-refractivity contribution < 1.29 is 4.39 Å². The molecule has 0 aliphatic heterocycles. The Morgan fingerprint density at radius 2 is 2.00 bits per heavy atom. The van der Waals surface area contributed by atoms with Crippen LogP contribution in [0.25, 0.3) is 27.7 Å². The summed E-state index contributed by atoms with van der Waals surface area (Å²) in [5.41, 5.74) is 4.42. The van der Waals surface area contributed by atoms with E-state index < -0.39 is 6.17 Å². The highest BCUT2D eigenvalue weighted by molar-refractivity contribution is 5.84. The lowest BCUT2D eigenvalue weighted by Crippen LogP contribution is -2.04. The number of aromatic nitrogens is 7. The fourth-order valence-electron chi connectivity index (χ4n) is 3.62. The summed E-state index contributed by atoms with van der Waals surface area (Å²) >= 11 is 0. The third-order valence-corrected chi connectivity index (χ3v) is 5.28. The molecule has 4 heterocycles. The van der Waals surface area contributed by atoms with Gasteiger partial charge in [-0.1, -0.05) is 6.07 Å². The van der Waals surface area contributed by atoms with E-state index in [1.54, 1.807) is 25.2 Å². The van der Waals surface area contributed by atoms with Gasteiger partial charge in [0.05, 0.1) is 17.4 Å². The number of alkyl halides is 1. The molecule has 160 valence electrons. The number of halogens is 1. The Bertz CT molecular complexity index is 1430. The van der Waals surface area contributed by atoms with Crippen molar-refractivity contribution in [2.75, 3.05) is 7.05 Å². The lowest BCUT2D eigenvalue weighted by molar-refractivity contribution is 0.377. The molecule has 0 amide bonds. The molecule has 0 aliphatic carbocycles. The third-order valence-electron chi connectivity index (χ3n) is 5.28. The van der Waals surface area contributed by atoms with Crippen LogP contribution in [0.3, 0.4) is 0 Å². The standard InChI is InChI=1S/C23H21FN8/c1-15-4-7-21-28-29-23(32(21)30-15)22(24)16-5-6-20-17(10-16)11-18(12-26-20)19-13-27-31(14-19)9-3-8-25-2/h4-8,10-14,22H,3,9H2,1-2H3. The van der Waals surface area contributed by atoms with Crippen LogP contribution in [-0.4, -0.2) is 47.8 Å². The van der Waals surface area contributed by atoms with Crippen molar-refractivity contribution in [1.29, 1.82) is 0 Å². The first-order valence-electron chi connectivity index (χ1n) is 10.3. The van der Waals surface area contributed by atoms with E-state index >= 15 is 4.39 Å². The van der Waals surface area contributed by atoms with Crippen LogP contribution >= 0.6 is 0 Å². The first-order valence-corrected chi connectivity index (χ1v) is 10.3. The van der Waals surface area contributed by atoms with Gasteiger partial charge in [0, 0.05) is 55.1 Å². The van der Waals surface area contributed by atoms with E-state index in [4.69, 9.17) is 0 Å². The molecule has 8 nitrogen and oxygen atoms in total. The Morgan fingerprint density at radius 1 is 1.09 bits per heavy atom. The average molecular weight is 428 g/mol. The molecule has 5 aromatic rings. The van der Waals surface area contributed by atoms with Crippen LogP contribution in [0, 0.1) is 6.92 Å². The maximum Gasteiger partial charge on any atom is 0.193 e. The Hall–Kier alpha value is -4.01. The minimum Gasteiger partial charge on any atom is -0.301 e. The van der Waals surface area contributed by atoms with Gasteiger partial charge in [0.1, 0.15) is 0 Å². The highest BCUT2D eigenvalue weighted by Gasteiger charge is 2.21. The summed E-state index contributed by atoms with van der Waals surface area (Å²) in [5.74, 6) is 0.157. The second kappa shape index (κ2) is 8.26. The van der Waals surface area contributed by atoms with Crippen molar-refractivity contribution in [3.05, 3.63) is 72.1 Å². The van der Waals surface area contributed by atoms with Gasteiger partial charge in [-0.2, -0.15) is 14.7 Å². The average Bonchev–Trinajstić information content (AvgIpc) is 3.45. The molecule has 1 aromatic carbocycles. The number of hydrogen-bond acceptors (Lipinski definition) is 6. The molecule has 0 spiro atoms. The highest BCUT2D eigenvalue weighted by Crippen LogP contribution is 2.29. The van der Waals surface area contributed by atoms with E-state index in [1.807, 2.05) is 54.6 Å². The number of fused-ring (bicyclic) bond motifs is 2. The molecular weight excluding hydrogens is 407 g/mol. The number of aryl methyl sites for hydroxylation is 2. The zero-order valence-corrected chi connectivity index (χ0v) is 17.7. The van der Waals surface area contributed by atoms with Gasteiger partial charge in [0.25, 0.3) is 0 Å². The van der Waals surface area contributed by atoms with Gasteiger partial charge in [-0.3, -0.25) is 9.67 Å². The summed E-state index contributed by atoms with van der Waals surface area (Å²) in [4.78, 5) is 8.53. The fraction of sp³-hybridized carbons (Fsp3) is 0.217.